The summed E-state index contributed by atoms with van der Waals surface area (Å²) < 4.78 is 53.9. The van der Waals surface area contributed by atoms with E-state index in [4.69, 9.17) is 4.42 Å². The number of carbonyl (C=O) groups excluding carboxylic acids is 1. The van der Waals surface area contributed by atoms with Gasteiger partial charge in [0.25, 0.3) is 5.91 Å². The van der Waals surface area contributed by atoms with E-state index in [0.717, 1.165) is 5.56 Å². The zero-order valence-corrected chi connectivity index (χ0v) is 19.4. The molecule has 0 saturated carbocycles. The lowest BCUT2D eigenvalue weighted by atomic mass is 10.1. The Morgan fingerprint density at radius 2 is 1.69 bits per heavy atom. The average Bonchev–Trinajstić information content (AvgIpc) is 3.20. The third kappa shape index (κ3) is 5.22. The van der Waals surface area contributed by atoms with Gasteiger partial charge in [0.1, 0.15) is 0 Å². The van der Waals surface area contributed by atoms with Crippen LogP contribution < -0.4 is 5.32 Å². The fourth-order valence-corrected chi connectivity index (χ4v) is 4.77. The summed E-state index contributed by atoms with van der Waals surface area (Å²) in [4.78, 5) is 12.7. The lowest BCUT2D eigenvalue weighted by Gasteiger charge is -2.08. The molecular formula is C21H23N3O6S2. The molecule has 1 N–H and O–H groups in total. The van der Waals surface area contributed by atoms with E-state index in [1.54, 1.807) is 26.0 Å². The van der Waals surface area contributed by atoms with Crippen molar-refractivity contribution < 1.29 is 26.0 Å². The van der Waals surface area contributed by atoms with E-state index >= 15 is 0 Å². The second kappa shape index (κ2) is 9.21. The normalized spacial score (nSPS) is 12.1. The predicted octanol–water partition coefficient (Wildman–Crippen LogP) is 2.89. The topological polar surface area (TPSA) is 136 Å². The van der Waals surface area contributed by atoms with Crippen LogP contribution in [0.15, 0.2) is 62.7 Å². The van der Waals surface area contributed by atoms with Crippen molar-refractivity contribution in [2.45, 2.75) is 42.2 Å². The van der Waals surface area contributed by atoms with Crippen molar-refractivity contribution in [2.24, 2.45) is 0 Å². The maximum Gasteiger partial charge on any atom is 0.322 e. The van der Waals surface area contributed by atoms with Gasteiger partial charge in [-0.2, -0.15) is 0 Å². The van der Waals surface area contributed by atoms with E-state index in [0.29, 0.717) is 0 Å². The second-order valence-corrected chi connectivity index (χ2v) is 12.1. The number of sulfone groups is 2. The number of hydrogen-bond acceptors (Lipinski definition) is 8. The highest BCUT2D eigenvalue weighted by atomic mass is 32.2. The molecule has 0 radical (unpaired) electrons. The van der Waals surface area contributed by atoms with Crippen LogP contribution in [0.25, 0.3) is 0 Å². The van der Waals surface area contributed by atoms with E-state index in [1.807, 2.05) is 0 Å². The molecule has 32 heavy (non-hydrogen) atoms. The summed E-state index contributed by atoms with van der Waals surface area (Å²) in [7, 11) is -6.80. The Balaban J connectivity index is 1.69. The zero-order chi connectivity index (χ0) is 23.5. The molecule has 3 rings (SSSR count). The maximum absolute atomic E-state index is 12.4. The van der Waals surface area contributed by atoms with Crippen LogP contribution >= 0.6 is 0 Å². The second-order valence-electron chi connectivity index (χ2n) is 7.30. The van der Waals surface area contributed by atoms with Gasteiger partial charge in [0.15, 0.2) is 19.7 Å². The Labute approximate surface area is 186 Å². The van der Waals surface area contributed by atoms with Gasteiger partial charge in [-0.3, -0.25) is 10.1 Å². The van der Waals surface area contributed by atoms with Gasteiger partial charge < -0.3 is 4.42 Å². The van der Waals surface area contributed by atoms with Crippen LogP contribution in [-0.4, -0.2) is 43.9 Å². The zero-order valence-electron chi connectivity index (χ0n) is 17.8. The molecule has 0 bridgehead atoms. The number of rotatable bonds is 8. The molecule has 0 spiro atoms. The molecule has 1 aromatic heterocycles. The Hall–Kier alpha value is -3.05. The maximum atomic E-state index is 12.4. The van der Waals surface area contributed by atoms with Gasteiger partial charge in [0.2, 0.25) is 5.89 Å². The Bertz CT molecular complexity index is 1330. The number of amides is 1. The molecule has 0 fully saturated rings. The summed E-state index contributed by atoms with van der Waals surface area (Å²) in [6.45, 7) is 4.77. The van der Waals surface area contributed by atoms with Crippen molar-refractivity contribution in [3.05, 3.63) is 65.5 Å². The monoisotopic (exact) mass is 477 g/mol. The lowest BCUT2D eigenvalue weighted by molar-refractivity contribution is 0.102. The van der Waals surface area contributed by atoms with Crippen molar-refractivity contribution in [1.29, 1.82) is 0 Å². The molecule has 0 unspecified atom stereocenters. The molecular weight excluding hydrogens is 454 g/mol. The third-order valence-corrected chi connectivity index (χ3v) is 8.65. The molecule has 0 aliphatic rings. The number of carbonyl (C=O) groups is 1. The van der Waals surface area contributed by atoms with Gasteiger partial charge in [0.05, 0.1) is 27.2 Å². The first-order chi connectivity index (χ1) is 15.0. The van der Waals surface area contributed by atoms with E-state index in [-0.39, 0.29) is 39.4 Å². The number of aromatic nitrogens is 2. The molecule has 0 saturated heterocycles. The number of benzene rings is 2. The van der Waals surface area contributed by atoms with Crippen LogP contribution in [0.4, 0.5) is 6.01 Å². The Morgan fingerprint density at radius 3 is 2.31 bits per heavy atom. The molecule has 1 amide bonds. The Kier molecular flexibility index (Phi) is 6.79. The quantitative estimate of drug-likeness (QED) is 0.523. The van der Waals surface area contributed by atoms with Gasteiger partial charge in [-0.1, -0.05) is 30.2 Å². The van der Waals surface area contributed by atoms with Crippen LogP contribution in [0.2, 0.25) is 0 Å². The molecule has 0 aliphatic heterocycles. The average molecular weight is 478 g/mol. The summed E-state index contributed by atoms with van der Waals surface area (Å²) in [6.07, 6.45) is 0.245. The highest BCUT2D eigenvalue weighted by Gasteiger charge is 2.19. The number of anilines is 1. The molecule has 0 aliphatic carbocycles. The molecule has 9 nitrogen and oxygen atoms in total. The highest BCUT2D eigenvalue weighted by molar-refractivity contribution is 7.92. The van der Waals surface area contributed by atoms with E-state index in [1.165, 1.54) is 43.3 Å². The van der Waals surface area contributed by atoms with Gasteiger partial charge in [0, 0.05) is 5.56 Å². The first-order valence-electron chi connectivity index (χ1n) is 9.82. The van der Waals surface area contributed by atoms with Crippen LogP contribution in [0.5, 0.6) is 0 Å². The van der Waals surface area contributed by atoms with E-state index in [2.05, 4.69) is 15.5 Å². The van der Waals surface area contributed by atoms with Crippen molar-refractivity contribution >= 4 is 31.6 Å². The predicted molar refractivity (Wildman–Crippen MR) is 118 cm³/mol. The van der Waals surface area contributed by atoms with Crippen molar-refractivity contribution in [3.8, 4) is 0 Å². The molecule has 1 heterocycles. The number of nitrogens with one attached hydrogen (secondary N) is 1. The summed E-state index contributed by atoms with van der Waals surface area (Å²) >= 11 is 0. The smallest absolute Gasteiger partial charge is 0.322 e. The summed E-state index contributed by atoms with van der Waals surface area (Å²) in [5, 5.41) is 9.60. The first-order valence-corrected chi connectivity index (χ1v) is 13.0. The molecule has 0 atom stereocenters. The standard InChI is InChI=1S/C21H23N3O6S2/c1-4-31(26,27)18-7-5-6-16(13-18)20(25)22-21-24-23-19(30-21)12-15-8-10-17(11-9-15)32(28,29)14(2)3/h5-11,13-14H,4,12H2,1-3H3,(H,22,24,25). The van der Waals surface area contributed by atoms with Crippen LogP contribution in [0.1, 0.15) is 42.6 Å². The third-order valence-electron chi connectivity index (χ3n) is 4.75. The SMILES string of the molecule is CCS(=O)(=O)c1cccc(C(=O)Nc2nnc(Cc3ccc(S(=O)(=O)C(C)C)cc3)o2)c1. The fraction of sp³-hybridized carbons (Fsp3) is 0.286. The van der Waals surface area contributed by atoms with Gasteiger partial charge in [-0.05, 0) is 49.7 Å². The molecule has 2 aromatic carbocycles. The van der Waals surface area contributed by atoms with Gasteiger partial charge in [-0.25, -0.2) is 16.8 Å². The number of nitrogens with zero attached hydrogens (tertiary/aromatic N) is 2. The molecule has 11 heteroatoms. The van der Waals surface area contributed by atoms with Crippen LogP contribution in [0.3, 0.4) is 0 Å². The fourth-order valence-electron chi connectivity index (χ4n) is 2.79. The summed E-state index contributed by atoms with van der Waals surface area (Å²) in [5.74, 6) is -0.436. The lowest BCUT2D eigenvalue weighted by Crippen LogP contribution is -2.13. The van der Waals surface area contributed by atoms with Crippen molar-refractivity contribution in [3.63, 3.8) is 0 Å². The van der Waals surface area contributed by atoms with E-state index in [9.17, 15) is 21.6 Å². The van der Waals surface area contributed by atoms with Gasteiger partial charge >= 0.3 is 6.01 Å². The summed E-state index contributed by atoms with van der Waals surface area (Å²) in [6, 6.07) is 11.9. The van der Waals surface area contributed by atoms with Crippen molar-refractivity contribution in [1.82, 2.24) is 10.2 Å². The Morgan fingerprint density at radius 1 is 1.00 bits per heavy atom. The van der Waals surface area contributed by atoms with Gasteiger partial charge in [-0.15, -0.1) is 5.10 Å². The highest BCUT2D eigenvalue weighted by Crippen LogP contribution is 2.19. The van der Waals surface area contributed by atoms with Crippen LogP contribution in [-0.2, 0) is 26.1 Å². The minimum absolute atomic E-state index is 0.0572. The summed E-state index contributed by atoms with van der Waals surface area (Å²) in [5.41, 5.74) is 0.896. The minimum atomic E-state index is -3.44. The largest absolute Gasteiger partial charge is 0.407 e. The van der Waals surface area contributed by atoms with Crippen LogP contribution in [0, 0.1) is 0 Å². The molecule has 3 aromatic rings. The first kappa shape index (κ1) is 23.6. The minimum Gasteiger partial charge on any atom is -0.407 e. The molecule has 170 valence electrons. The van der Waals surface area contributed by atoms with E-state index < -0.39 is 30.8 Å². The van der Waals surface area contributed by atoms with Crippen molar-refractivity contribution in [2.75, 3.05) is 11.1 Å². The number of hydrogen-bond donors (Lipinski definition) is 1.